The zero-order chi connectivity index (χ0) is 22.3. The molecule has 1 heterocycles. The summed E-state index contributed by atoms with van der Waals surface area (Å²) in [5.74, 6) is 1.80. The first-order valence-electron chi connectivity index (χ1n) is 10.2. The van der Waals surface area contributed by atoms with Crippen LogP contribution in [0.2, 0.25) is 0 Å². The Labute approximate surface area is 186 Å². The summed E-state index contributed by atoms with van der Waals surface area (Å²) in [6.07, 6.45) is -0.00952. The van der Waals surface area contributed by atoms with E-state index in [9.17, 15) is 4.79 Å². The van der Waals surface area contributed by atoms with Gasteiger partial charge in [0.05, 0.1) is 6.42 Å². The average Bonchev–Trinajstić information content (AvgIpc) is 3.18. The second-order valence-electron chi connectivity index (χ2n) is 7.29. The van der Waals surface area contributed by atoms with Crippen molar-refractivity contribution >= 4 is 5.97 Å². The van der Waals surface area contributed by atoms with E-state index in [1.807, 2.05) is 61.5 Å². The molecule has 0 radical (unpaired) electrons. The fourth-order valence-electron chi connectivity index (χ4n) is 3.22. The Morgan fingerprint density at radius 2 is 1.62 bits per heavy atom. The molecule has 4 aromatic rings. The van der Waals surface area contributed by atoms with Crippen molar-refractivity contribution in [2.45, 2.75) is 26.6 Å². The number of hydrogen-bond acceptors (Lipinski definition) is 5. The van der Waals surface area contributed by atoms with Gasteiger partial charge in [-0.2, -0.15) is 0 Å². The number of nitrogens with zero attached hydrogens (tertiary/aromatic N) is 1. The SMILES string of the molecule is Cc1oc(-c2ccccc2)nc1COc1ccccc1COc1ccc(CC(=O)O)cc1. The summed E-state index contributed by atoms with van der Waals surface area (Å²) < 4.78 is 17.7. The molecule has 0 atom stereocenters. The third-order valence-electron chi connectivity index (χ3n) is 4.92. The van der Waals surface area contributed by atoms with Crippen molar-refractivity contribution in [1.29, 1.82) is 0 Å². The minimum Gasteiger partial charge on any atom is -0.489 e. The molecule has 0 saturated heterocycles. The van der Waals surface area contributed by atoms with Crippen LogP contribution in [0.25, 0.3) is 11.5 Å². The molecule has 1 aromatic heterocycles. The van der Waals surface area contributed by atoms with Gasteiger partial charge in [-0.25, -0.2) is 4.98 Å². The molecule has 0 amide bonds. The summed E-state index contributed by atoms with van der Waals surface area (Å²) in [5, 5.41) is 8.87. The lowest BCUT2D eigenvalue weighted by Gasteiger charge is -2.12. The first-order chi connectivity index (χ1) is 15.6. The lowest BCUT2D eigenvalue weighted by atomic mass is 10.1. The topological polar surface area (TPSA) is 81.8 Å². The van der Waals surface area contributed by atoms with Gasteiger partial charge in [0.25, 0.3) is 0 Å². The number of ether oxygens (including phenoxy) is 2. The van der Waals surface area contributed by atoms with Crippen LogP contribution in [-0.4, -0.2) is 16.1 Å². The number of benzene rings is 3. The molecule has 0 unspecified atom stereocenters. The van der Waals surface area contributed by atoms with Crippen molar-refractivity contribution < 1.29 is 23.8 Å². The maximum absolute atomic E-state index is 10.8. The van der Waals surface area contributed by atoms with Crippen molar-refractivity contribution in [3.63, 3.8) is 0 Å². The summed E-state index contributed by atoms with van der Waals surface area (Å²) in [6.45, 7) is 2.48. The molecule has 6 heteroatoms. The van der Waals surface area contributed by atoms with Gasteiger partial charge in [0.15, 0.2) is 0 Å². The number of carboxylic acids is 1. The van der Waals surface area contributed by atoms with E-state index in [4.69, 9.17) is 19.0 Å². The smallest absolute Gasteiger partial charge is 0.307 e. The van der Waals surface area contributed by atoms with Crippen molar-refractivity contribution in [1.82, 2.24) is 4.98 Å². The van der Waals surface area contributed by atoms with Crippen LogP contribution in [0.3, 0.4) is 0 Å². The normalized spacial score (nSPS) is 10.7. The molecule has 32 heavy (non-hydrogen) atoms. The lowest BCUT2D eigenvalue weighted by Crippen LogP contribution is -2.03. The van der Waals surface area contributed by atoms with Crippen LogP contribution < -0.4 is 9.47 Å². The van der Waals surface area contributed by atoms with E-state index in [0.717, 1.165) is 28.1 Å². The van der Waals surface area contributed by atoms with Crippen LogP contribution in [0.5, 0.6) is 11.5 Å². The highest BCUT2D eigenvalue weighted by Gasteiger charge is 2.13. The summed E-state index contributed by atoms with van der Waals surface area (Å²) in [7, 11) is 0. The fraction of sp³-hybridized carbons (Fsp3) is 0.154. The molecule has 0 spiro atoms. The van der Waals surface area contributed by atoms with Crippen LogP contribution in [0.4, 0.5) is 0 Å². The molecule has 0 saturated carbocycles. The number of aliphatic carboxylic acids is 1. The van der Waals surface area contributed by atoms with Gasteiger partial charge >= 0.3 is 5.97 Å². The van der Waals surface area contributed by atoms with Gasteiger partial charge in [0.1, 0.15) is 36.2 Å². The summed E-state index contributed by atoms with van der Waals surface area (Å²) in [4.78, 5) is 15.4. The van der Waals surface area contributed by atoms with E-state index in [1.54, 1.807) is 24.3 Å². The standard InChI is InChI=1S/C26H23NO5/c1-18-23(27-26(32-18)20-7-3-2-4-8-20)17-31-24-10-6-5-9-21(24)16-30-22-13-11-19(12-14-22)15-25(28)29/h2-14H,15-17H2,1H3,(H,28,29). The molecule has 162 valence electrons. The summed E-state index contributed by atoms with van der Waals surface area (Å²) in [6, 6.07) is 24.5. The average molecular weight is 429 g/mol. The second kappa shape index (κ2) is 9.83. The number of rotatable bonds is 9. The second-order valence-corrected chi connectivity index (χ2v) is 7.29. The molecule has 0 aliphatic heterocycles. The molecule has 4 rings (SSSR count). The molecule has 6 nitrogen and oxygen atoms in total. The number of aryl methyl sites for hydroxylation is 1. The van der Waals surface area contributed by atoms with E-state index in [2.05, 4.69) is 4.98 Å². The van der Waals surface area contributed by atoms with E-state index in [-0.39, 0.29) is 13.0 Å². The van der Waals surface area contributed by atoms with Crippen LogP contribution >= 0.6 is 0 Å². The number of hydrogen-bond donors (Lipinski definition) is 1. The number of carboxylic acid groups (broad SMARTS) is 1. The van der Waals surface area contributed by atoms with Gasteiger partial charge < -0.3 is 19.0 Å². The van der Waals surface area contributed by atoms with Crippen LogP contribution in [0, 0.1) is 6.92 Å². The Balaban J connectivity index is 1.40. The summed E-state index contributed by atoms with van der Waals surface area (Å²) >= 11 is 0. The molecular formula is C26H23NO5. The van der Waals surface area contributed by atoms with E-state index >= 15 is 0 Å². The quantitative estimate of drug-likeness (QED) is 0.382. The molecule has 0 aliphatic carbocycles. The zero-order valence-electron chi connectivity index (χ0n) is 17.7. The van der Waals surface area contributed by atoms with Gasteiger partial charge in [0, 0.05) is 11.1 Å². The highest BCUT2D eigenvalue weighted by molar-refractivity contribution is 5.70. The Kier molecular flexibility index (Phi) is 6.51. The maximum Gasteiger partial charge on any atom is 0.307 e. The van der Waals surface area contributed by atoms with Gasteiger partial charge in [-0.1, -0.05) is 48.5 Å². The third-order valence-corrected chi connectivity index (χ3v) is 4.92. The Bertz CT molecular complexity index is 1180. The Morgan fingerprint density at radius 3 is 2.38 bits per heavy atom. The zero-order valence-corrected chi connectivity index (χ0v) is 17.7. The van der Waals surface area contributed by atoms with Crippen LogP contribution in [0.15, 0.2) is 83.3 Å². The van der Waals surface area contributed by atoms with Crippen LogP contribution in [-0.2, 0) is 24.4 Å². The first kappa shape index (κ1) is 21.2. The minimum atomic E-state index is -0.858. The Morgan fingerprint density at radius 1 is 0.906 bits per heavy atom. The maximum atomic E-state index is 10.8. The van der Waals surface area contributed by atoms with Gasteiger partial charge in [-0.15, -0.1) is 0 Å². The van der Waals surface area contributed by atoms with Crippen molar-refractivity contribution in [2.24, 2.45) is 0 Å². The van der Waals surface area contributed by atoms with Crippen LogP contribution in [0.1, 0.15) is 22.6 Å². The largest absolute Gasteiger partial charge is 0.489 e. The first-order valence-corrected chi connectivity index (χ1v) is 10.2. The number of carbonyl (C=O) groups is 1. The van der Waals surface area contributed by atoms with Crippen molar-refractivity contribution in [3.8, 4) is 23.0 Å². The van der Waals surface area contributed by atoms with Gasteiger partial charge in [-0.3, -0.25) is 4.79 Å². The highest BCUT2D eigenvalue weighted by atomic mass is 16.5. The lowest BCUT2D eigenvalue weighted by molar-refractivity contribution is -0.136. The monoisotopic (exact) mass is 429 g/mol. The summed E-state index contributed by atoms with van der Waals surface area (Å²) in [5.41, 5.74) is 3.29. The number of oxazole rings is 1. The highest BCUT2D eigenvalue weighted by Crippen LogP contribution is 2.25. The predicted octanol–water partition coefficient (Wildman–Crippen LogP) is 5.44. The predicted molar refractivity (Wildman–Crippen MR) is 120 cm³/mol. The van der Waals surface area contributed by atoms with Crippen molar-refractivity contribution in [3.05, 3.63) is 101 Å². The van der Waals surface area contributed by atoms with Gasteiger partial charge in [-0.05, 0) is 42.8 Å². The molecule has 0 aliphatic rings. The van der Waals surface area contributed by atoms with E-state index in [0.29, 0.717) is 24.0 Å². The van der Waals surface area contributed by atoms with Crippen molar-refractivity contribution in [2.75, 3.05) is 0 Å². The molecule has 0 bridgehead atoms. The van der Waals surface area contributed by atoms with E-state index < -0.39 is 5.97 Å². The minimum absolute atomic E-state index is 0.00952. The Hall–Kier alpha value is -4.06. The number of para-hydroxylation sites is 1. The third kappa shape index (κ3) is 5.35. The number of aromatic nitrogens is 1. The van der Waals surface area contributed by atoms with Gasteiger partial charge in [0.2, 0.25) is 5.89 Å². The molecule has 3 aromatic carbocycles. The molecular weight excluding hydrogens is 406 g/mol. The molecule has 1 N–H and O–H groups in total. The fourth-order valence-corrected chi connectivity index (χ4v) is 3.22. The van der Waals surface area contributed by atoms with E-state index in [1.165, 1.54) is 0 Å². The molecule has 0 fully saturated rings.